The summed E-state index contributed by atoms with van der Waals surface area (Å²) in [6.45, 7) is 1.37. The van der Waals surface area contributed by atoms with Gasteiger partial charge in [-0.1, -0.05) is 6.07 Å². The summed E-state index contributed by atoms with van der Waals surface area (Å²) in [6, 6.07) is 4.87. The second kappa shape index (κ2) is 6.61. The van der Waals surface area contributed by atoms with Gasteiger partial charge in [-0.3, -0.25) is 5.32 Å². The van der Waals surface area contributed by atoms with Crippen LogP contribution < -0.4 is 5.32 Å². The number of methoxy groups -OCH3 is 1. The Morgan fingerprint density at radius 2 is 2.11 bits per heavy atom. The minimum Gasteiger partial charge on any atom is -0.465 e. The molecule has 0 aromatic heterocycles. The second-order valence-electron chi connectivity index (χ2n) is 3.45. The van der Waals surface area contributed by atoms with Crippen LogP contribution >= 0.6 is 0 Å². The number of nitrogens with one attached hydrogen (secondary N) is 1. The van der Waals surface area contributed by atoms with Crippen molar-refractivity contribution in [2.24, 2.45) is 0 Å². The molecule has 1 rings (SSSR count). The fourth-order valence-electron chi connectivity index (χ4n) is 1.39. The summed E-state index contributed by atoms with van der Waals surface area (Å²) < 4.78 is 9.29. The lowest BCUT2D eigenvalue weighted by Gasteiger charge is -2.11. The highest BCUT2D eigenvalue weighted by Gasteiger charge is 2.13. The average molecular weight is 253 g/mol. The quantitative estimate of drug-likeness (QED) is 0.790. The van der Waals surface area contributed by atoms with Gasteiger partial charge in [0.2, 0.25) is 0 Å². The van der Waals surface area contributed by atoms with Gasteiger partial charge in [0, 0.05) is 5.69 Å². The maximum Gasteiger partial charge on any atom is 0.411 e. The molecule has 0 atom stereocenters. The van der Waals surface area contributed by atoms with Gasteiger partial charge >= 0.3 is 12.1 Å². The van der Waals surface area contributed by atoms with Crippen LogP contribution in [0.15, 0.2) is 18.2 Å². The summed E-state index contributed by atoms with van der Waals surface area (Å²) in [5.74, 6) is -0.472. The molecular formula is C12H15NO5. The Bertz CT molecular complexity index is 444. The first-order valence-corrected chi connectivity index (χ1v) is 5.32. The number of aliphatic hydroxyl groups is 1. The summed E-state index contributed by atoms with van der Waals surface area (Å²) >= 11 is 0. The molecule has 2 N–H and O–H groups in total. The van der Waals surface area contributed by atoms with E-state index < -0.39 is 12.1 Å². The van der Waals surface area contributed by atoms with Gasteiger partial charge in [0.05, 0.1) is 19.3 Å². The van der Waals surface area contributed by atoms with E-state index in [1.54, 1.807) is 25.1 Å². The molecule has 0 bridgehead atoms. The van der Waals surface area contributed by atoms with E-state index in [1.807, 2.05) is 0 Å². The van der Waals surface area contributed by atoms with Crippen LogP contribution in [-0.4, -0.2) is 37.5 Å². The van der Waals surface area contributed by atoms with Gasteiger partial charge in [-0.15, -0.1) is 0 Å². The Morgan fingerprint density at radius 3 is 2.72 bits per heavy atom. The van der Waals surface area contributed by atoms with Crippen molar-refractivity contribution in [3.05, 3.63) is 29.3 Å². The zero-order valence-corrected chi connectivity index (χ0v) is 10.2. The molecule has 6 heteroatoms. The molecule has 0 radical (unpaired) electrons. The Labute approximate surface area is 105 Å². The van der Waals surface area contributed by atoms with E-state index in [0.29, 0.717) is 16.8 Å². The predicted octanol–water partition coefficient (Wildman–Crippen LogP) is 1.32. The molecule has 0 spiro atoms. The molecule has 6 nitrogen and oxygen atoms in total. The monoisotopic (exact) mass is 253 g/mol. The van der Waals surface area contributed by atoms with Crippen molar-refractivity contribution < 1.29 is 24.2 Å². The van der Waals surface area contributed by atoms with E-state index in [9.17, 15) is 9.59 Å². The van der Waals surface area contributed by atoms with E-state index >= 15 is 0 Å². The van der Waals surface area contributed by atoms with Gasteiger partial charge in [-0.25, -0.2) is 9.59 Å². The number of ether oxygens (including phenoxy) is 2. The molecule has 0 aliphatic carbocycles. The third kappa shape index (κ3) is 3.46. The highest BCUT2D eigenvalue weighted by Crippen LogP contribution is 2.19. The predicted molar refractivity (Wildman–Crippen MR) is 64.6 cm³/mol. The van der Waals surface area contributed by atoms with Gasteiger partial charge < -0.3 is 14.6 Å². The molecule has 0 unspecified atom stereocenters. The van der Waals surface area contributed by atoms with Crippen molar-refractivity contribution in [3.63, 3.8) is 0 Å². The number of hydrogen-bond donors (Lipinski definition) is 2. The van der Waals surface area contributed by atoms with Gasteiger partial charge in [-0.05, 0) is 24.6 Å². The fourth-order valence-corrected chi connectivity index (χ4v) is 1.39. The molecule has 0 saturated heterocycles. The van der Waals surface area contributed by atoms with Crippen molar-refractivity contribution in [2.75, 3.05) is 25.6 Å². The summed E-state index contributed by atoms with van der Waals surface area (Å²) in [4.78, 5) is 22.8. The van der Waals surface area contributed by atoms with E-state index in [2.05, 4.69) is 14.8 Å². The van der Waals surface area contributed by atoms with Crippen molar-refractivity contribution in [3.8, 4) is 0 Å². The van der Waals surface area contributed by atoms with Crippen LogP contribution in [0.4, 0.5) is 10.5 Å². The number of benzene rings is 1. The molecular weight excluding hydrogens is 238 g/mol. The number of amides is 1. The van der Waals surface area contributed by atoms with Crippen LogP contribution in [0.2, 0.25) is 0 Å². The zero-order chi connectivity index (χ0) is 13.5. The molecule has 0 aliphatic heterocycles. The number of hydrogen-bond acceptors (Lipinski definition) is 5. The summed E-state index contributed by atoms with van der Waals surface area (Å²) in [5, 5.41) is 11.0. The minimum absolute atomic E-state index is 0.0818. The fraction of sp³-hybridized carbons (Fsp3) is 0.333. The zero-order valence-electron chi connectivity index (χ0n) is 10.2. The van der Waals surface area contributed by atoms with Crippen molar-refractivity contribution in [2.45, 2.75) is 6.92 Å². The topological polar surface area (TPSA) is 84.9 Å². The molecule has 0 saturated carbocycles. The van der Waals surface area contributed by atoms with Crippen LogP contribution in [0, 0.1) is 6.92 Å². The van der Waals surface area contributed by atoms with Gasteiger partial charge in [-0.2, -0.15) is 0 Å². The third-order valence-corrected chi connectivity index (χ3v) is 2.30. The summed E-state index contributed by atoms with van der Waals surface area (Å²) in [7, 11) is 1.29. The molecule has 0 fully saturated rings. The van der Waals surface area contributed by atoms with Crippen LogP contribution in [0.5, 0.6) is 0 Å². The smallest absolute Gasteiger partial charge is 0.411 e. The van der Waals surface area contributed by atoms with E-state index in [-0.39, 0.29) is 13.2 Å². The normalized spacial score (nSPS) is 9.72. The maximum atomic E-state index is 11.4. The van der Waals surface area contributed by atoms with Crippen molar-refractivity contribution in [1.29, 1.82) is 0 Å². The molecule has 0 heterocycles. The van der Waals surface area contributed by atoms with Gasteiger partial charge in [0.25, 0.3) is 0 Å². The SMILES string of the molecule is COC(=O)c1cccc(NC(=O)OCCO)c1C. The number of rotatable bonds is 4. The van der Waals surface area contributed by atoms with E-state index in [1.165, 1.54) is 7.11 Å². The van der Waals surface area contributed by atoms with Crippen LogP contribution in [0.25, 0.3) is 0 Å². The first-order chi connectivity index (χ1) is 8.60. The molecule has 1 amide bonds. The van der Waals surface area contributed by atoms with Crippen LogP contribution in [-0.2, 0) is 9.47 Å². The summed E-state index contributed by atoms with van der Waals surface area (Å²) in [6.07, 6.45) is -0.686. The lowest BCUT2D eigenvalue weighted by molar-refractivity contribution is 0.0600. The van der Waals surface area contributed by atoms with Crippen molar-refractivity contribution >= 4 is 17.7 Å². The van der Waals surface area contributed by atoms with Gasteiger partial charge in [0.1, 0.15) is 6.61 Å². The van der Waals surface area contributed by atoms with Crippen LogP contribution in [0.1, 0.15) is 15.9 Å². The van der Waals surface area contributed by atoms with Gasteiger partial charge in [0.15, 0.2) is 0 Å². The minimum atomic E-state index is -0.686. The largest absolute Gasteiger partial charge is 0.465 e. The molecule has 1 aromatic rings. The highest BCUT2D eigenvalue weighted by atomic mass is 16.6. The number of esters is 1. The third-order valence-electron chi connectivity index (χ3n) is 2.30. The first kappa shape index (κ1) is 14.0. The maximum absolute atomic E-state index is 11.4. The Hall–Kier alpha value is -2.08. The Balaban J connectivity index is 2.84. The number of anilines is 1. The molecule has 1 aromatic carbocycles. The number of aliphatic hydroxyl groups excluding tert-OH is 1. The van der Waals surface area contributed by atoms with Crippen LogP contribution in [0.3, 0.4) is 0 Å². The summed E-state index contributed by atoms with van der Waals surface area (Å²) in [5.41, 5.74) is 1.42. The standard InChI is InChI=1S/C12H15NO5/c1-8-9(11(15)17-2)4-3-5-10(8)13-12(16)18-7-6-14/h3-5,14H,6-7H2,1-2H3,(H,13,16). The van der Waals surface area contributed by atoms with E-state index in [4.69, 9.17) is 5.11 Å². The molecule has 0 aliphatic rings. The first-order valence-electron chi connectivity index (χ1n) is 5.32. The molecule has 98 valence electrons. The highest BCUT2D eigenvalue weighted by molar-refractivity contribution is 5.95. The Morgan fingerprint density at radius 1 is 1.39 bits per heavy atom. The number of carbonyl (C=O) groups is 2. The Kier molecular flexibility index (Phi) is 5.13. The number of carbonyl (C=O) groups excluding carboxylic acids is 2. The lowest BCUT2D eigenvalue weighted by Crippen LogP contribution is -2.17. The average Bonchev–Trinajstić information content (AvgIpc) is 2.38. The molecule has 18 heavy (non-hydrogen) atoms. The lowest BCUT2D eigenvalue weighted by atomic mass is 10.1. The van der Waals surface area contributed by atoms with E-state index in [0.717, 1.165) is 0 Å². The van der Waals surface area contributed by atoms with Crippen molar-refractivity contribution in [1.82, 2.24) is 0 Å². The second-order valence-corrected chi connectivity index (χ2v) is 3.45.